The zero-order valence-electron chi connectivity index (χ0n) is 18.1. The molecular weight excluding hydrogens is 378 g/mol. The molecule has 0 bridgehead atoms. The molecule has 3 aromatic heterocycles. The molecule has 0 radical (unpaired) electrons. The predicted octanol–water partition coefficient (Wildman–Crippen LogP) is 3.26. The second kappa shape index (κ2) is 6.98. The number of benzene rings is 1. The van der Waals surface area contributed by atoms with Gasteiger partial charge < -0.3 is 19.7 Å². The molecular formula is C22H27N7O. The SMILES string of the molecule is Cc1noc(C)c1-c1cc(-c2c(C)nn(C)c2C)c2nc(N3CCNCC3)[nH]c2c1. The van der Waals surface area contributed by atoms with Crippen LogP contribution in [0.1, 0.15) is 22.8 Å². The molecule has 1 aliphatic rings. The van der Waals surface area contributed by atoms with Crippen molar-refractivity contribution in [3.05, 3.63) is 35.0 Å². The molecule has 1 aromatic carbocycles. The lowest BCUT2D eigenvalue weighted by molar-refractivity contribution is 0.393. The number of nitrogens with one attached hydrogen (secondary N) is 2. The summed E-state index contributed by atoms with van der Waals surface area (Å²) < 4.78 is 7.39. The first-order valence-electron chi connectivity index (χ1n) is 10.4. The van der Waals surface area contributed by atoms with Gasteiger partial charge in [0.1, 0.15) is 5.76 Å². The highest BCUT2D eigenvalue weighted by Crippen LogP contribution is 2.38. The summed E-state index contributed by atoms with van der Waals surface area (Å²) in [7, 11) is 1.98. The molecule has 156 valence electrons. The molecule has 4 aromatic rings. The van der Waals surface area contributed by atoms with Crippen LogP contribution >= 0.6 is 0 Å². The Kier molecular flexibility index (Phi) is 4.39. The van der Waals surface area contributed by atoms with E-state index in [1.807, 2.05) is 25.6 Å². The first kappa shape index (κ1) is 18.9. The average molecular weight is 406 g/mol. The zero-order valence-corrected chi connectivity index (χ0v) is 18.1. The van der Waals surface area contributed by atoms with Crippen molar-refractivity contribution in [1.82, 2.24) is 30.2 Å². The van der Waals surface area contributed by atoms with Crippen molar-refractivity contribution in [2.24, 2.45) is 7.05 Å². The van der Waals surface area contributed by atoms with E-state index in [1.54, 1.807) is 0 Å². The Bertz CT molecular complexity index is 1220. The monoisotopic (exact) mass is 405 g/mol. The van der Waals surface area contributed by atoms with Crippen molar-refractivity contribution in [2.45, 2.75) is 27.7 Å². The minimum Gasteiger partial charge on any atom is -0.361 e. The maximum absolute atomic E-state index is 5.45. The van der Waals surface area contributed by atoms with Crippen LogP contribution in [0.2, 0.25) is 0 Å². The van der Waals surface area contributed by atoms with Gasteiger partial charge in [-0.05, 0) is 45.4 Å². The molecule has 2 N–H and O–H groups in total. The third kappa shape index (κ3) is 2.90. The molecule has 1 saturated heterocycles. The van der Waals surface area contributed by atoms with Crippen LogP contribution in [0.4, 0.5) is 5.95 Å². The second-order valence-electron chi connectivity index (χ2n) is 8.09. The third-order valence-electron chi connectivity index (χ3n) is 6.09. The maximum Gasteiger partial charge on any atom is 0.203 e. The van der Waals surface area contributed by atoms with Gasteiger partial charge in [-0.1, -0.05) is 5.16 Å². The molecule has 0 spiro atoms. The summed E-state index contributed by atoms with van der Waals surface area (Å²) in [5.41, 5.74) is 9.33. The van der Waals surface area contributed by atoms with Crippen LogP contribution in [0.3, 0.4) is 0 Å². The van der Waals surface area contributed by atoms with Crippen molar-refractivity contribution in [2.75, 3.05) is 31.1 Å². The fraction of sp³-hybridized carbons (Fsp3) is 0.409. The Morgan fingerprint density at radius 2 is 1.77 bits per heavy atom. The van der Waals surface area contributed by atoms with Gasteiger partial charge in [0.15, 0.2) is 0 Å². The summed E-state index contributed by atoms with van der Waals surface area (Å²) in [6.07, 6.45) is 0. The molecule has 0 unspecified atom stereocenters. The number of anilines is 1. The van der Waals surface area contributed by atoms with Crippen molar-refractivity contribution >= 4 is 17.0 Å². The van der Waals surface area contributed by atoms with E-state index >= 15 is 0 Å². The van der Waals surface area contributed by atoms with Crippen LogP contribution in [0.25, 0.3) is 33.3 Å². The van der Waals surface area contributed by atoms with E-state index in [0.29, 0.717) is 0 Å². The Morgan fingerprint density at radius 3 is 2.40 bits per heavy atom. The van der Waals surface area contributed by atoms with E-state index in [4.69, 9.17) is 9.51 Å². The van der Waals surface area contributed by atoms with Gasteiger partial charge in [0.2, 0.25) is 5.95 Å². The van der Waals surface area contributed by atoms with Crippen LogP contribution in [-0.4, -0.2) is 51.1 Å². The van der Waals surface area contributed by atoms with Crippen LogP contribution in [0.15, 0.2) is 16.7 Å². The van der Waals surface area contributed by atoms with E-state index in [1.165, 1.54) is 0 Å². The molecule has 8 heteroatoms. The Hall–Kier alpha value is -3.13. The average Bonchev–Trinajstić information content (AvgIpc) is 3.38. The normalized spacial score (nSPS) is 14.8. The van der Waals surface area contributed by atoms with Gasteiger partial charge in [0, 0.05) is 55.6 Å². The molecule has 1 fully saturated rings. The van der Waals surface area contributed by atoms with Crippen LogP contribution in [-0.2, 0) is 7.05 Å². The number of aromatic amines is 1. The summed E-state index contributed by atoms with van der Waals surface area (Å²) in [6.45, 7) is 11.9. The van der Waals surface area contributed by atoms with E-state index < -0.39 is 0 Å². The molecule has 0 atom stereocenters. The minimum absolute atomic E-state index is 0.819. The number of nitrogens with zero attached hydrogens (tertiary/aromatic N) is 5. The van der Waals surface area contributed by atoms with E-state index in [2.05, 4.69) is 51.4 Å². The lowest BCUT2D eigenvalue weighted by Gasteiger charge is -2.26. The number of hydrogen-bond donors (Lipinski definition) is 2. The lowest BCUT2D eigenvalue weighted by atomic mass is 9.95. The van der Waals surface area contributed by atoms with Crippen molar-refractivity contribution in [1.29, 1.82) is 0 Å². The number of aryl methyl sites for hydroxylation is 4. The smallest absolute Gasteiger partial charge is 0.203 e. The number of fused-ring (bicyclic) bond motifs is 1. The highest BCUT2D eigenvalue weighted by atomic mass is 16.5. The quantitative estimate of drug-likeness (QED) is 0.544. The number of piperazine rings is 1. The van der Waals surface area contributed by atoms with Gasteiger partial charge in [0.25, 0.3) is 0 Å². The Morgan fingerprint density at radius 1 is 1.00 bits per heavy atom. The summed E-state index contributed by atoms with van der Waals surface area (Å²) in [4.78, 5) is 10.9. The minimum atomic E-state index is 0.819. The van der Waals surface area contributed by atoms with Crippen molar-refractivity contribution in [3.8, 4) is 22.3 Å². The van der Waals surface area contributed by atoms with E-state index in [9.17, 15) is 0 Å². The zero-order chi connectivity index (χ0) is 21.0. The van der Waals surface area contributed by atoms with Crippen molar-refractivity contribution < 1.29 is 4.52 Å². The number of imidazole rings is 1. The summed E-state index contributed by atoms with van der Waals surface area (Å²) >= 11 is 0. The second-order valence-corrected chi connectivity index (χ2v) is 8.09. The summed E-state index contributed by atoms with van der Waals surface area (Å²) in [5.74, 6) is 1.74. The van der Waals surface area contributed by atoms with Crippen LogP contribution < -0.4 is 10.2 Å². The van der Waals surface area contributed by atoms with Gasteiger partial charge in [-0.15, -0.1) is 0 Å². The highest BCUT2D eigenvalue weighted by Gasteiger charge is 2.22. The number of hydrogen-bond acceptors (Lipinski definition) is 6. The van der Waals surface area contributed by atoms with Gasteiger partial charge in [-0.25, -0.2) is 4.98 Å². The molecule has 30 heavy (non-hydrogen) atoms. The fourth-order valence-electron chi connectivity index (χ4n) is 4.52. The predicted molar refractivity (Wildman–Crippen MR) is 118 cm³/mol. The maximum atomic E-state index is 5.45. The first-order valence-corrected chi connectivity index (χ1v) is 10.4. The summed E-state index contributed by atoms with van der Waals surface area (Å²) in [6, 6.07) is 4.36. The molecule has 0 saturated carbocycles. The van der Waals surface area contributed by atoms with Crippen LogP contribution in [0.5, 0.6) is 0 Å². The number of aromatic nitrogens is 5. The Balaban J connectivity index is 1.77. The van der Waals surface area contributed by atoms with E-state index in [-0.39, 0.29) is 0 Å². The molecule has 5 rings (SSSR count). The van der Waals surface area contributed by atoms with Crippen molar-refractivity contribution in [3.63, 3.8) is 0 Å². The van der Waals surface area contributed by atoms with Gasteiger partial charge in [0.05, 0.1) is 22.4 Å². The number of rotatable bonds is 3. The largest absolute Gasteiger partial charge is 0.361 e. The van der Waals surface area contributed by atoms with Crippen LogP contribution in [0, 0.1) is 27.7 Å². The lowest BCUT2D eigenvalue weighted by Crippen LogP contribution is -2.44. The topological polar surface area (TPSA) is 87.8 Å². The first-order chi connectivity index (χ1) is 14.4. The van der Waals surface area contributed by atoms with E-state index in [0.717, 1.165) is 88.3 Å². The summed E-state index contributed by atoms with van der Waals surface area (Å²) in [5, 5.41) is 12.2. The number of H-pyrrole nitrogens is 1. The molecule has 1 aliphatic heterocycles. The van der Waals surface area contributed by atoms with Gasteiger partial charge >= 0.3 is 0 Å². The van der Waals surface area contributed by atoms with Gasteiger partial charge in [-0.3, -0.25) is 4.68 Å². The fourth-order valence-corrected chi connectivity index (χ4v) is 4.52. The molecule has 0 amide bonds. The highest BCUT2D eigenvalue weighted by molar-refractivity contribution is 5.98. The third-order valence-corrected chi connectivity index (χ3v) is 6.09. The van der Waals surface area contributed by atoms with Gasteiger partial charge in [-0.2, -0.15) is 5.10 Å². The standard InChI is InChI=1S/C22H27N7O/c1-12-19(14(3)28(5)26-12)17-10-16(20-13(2)27-30-15(20)4)11-18-21(17)25-22(24-18)29-8-6-23-7-9-29/h10-11,23H,6-9H2,1-5H3,(H,24,25). The molecule has 0 aliphatic carbocycles. The molecule has 4 heterocycles. The molecule has 8 nitrogen and oxygen atoms in total. The Labute approximate surface area is 175 Å².